The Balaban J connectivity index is 1.01. The lowest BCUT2D eigenvalue weighted by Crippen LogP contribution is -2.51. The third-order valence-electron chi connectivity index (χ3n) is 10.9. The maximum atomic E-state index is 13.6. The Morgan fingerprint density at radius 3 is 2.19 bits per heavy atom. The highest BCUT2D eigenvalue weighted by Crippen LogP contribution is 2.35. The molecule has 0 radical (unpaired) electrons. The number of amides is 4. The molecule has 2 saturated heterocycles. The summed E-state index contributed by atoms with van der Waals surface area (Å²) >= 11 is 0. The van der Waals surface area contributed by atoms with Crippen LogP contribution in [-0.4, -0.2) is 106 Å². The molecule has 2 aromatic carbocycles. The number of likely N-dealkylation sites (N-methyl/N-ethyl adjacent to an activating group) is 1. The van der Waals surface area contributed by atoms with E-state index in [1.807, 2.05) is 76.4 Å². The van der Waals surface area contributed by atoms with Crippen LogP contribution in [0.15, 0.2) is 61.1 Å². The summed E-state index contributed by atoms with van der Waals surface area (Å²) in [5.74, 6) is 1.02. The second-order valence-corrected chi connectivity index (χ2v) is 15.8. The van der Waals surface area contributed by atoms with Crippen LogP contribution in [0.5, 0.6) is 0 Å². The second-order valence-electron chi connectivity index (χ2n) is 15.8. The number of H-pyrrole nitrogens is 2. The molecule has 15 heteroatoms. The number of aromatic nitrogens is 6. The van der Waals surface area contributed by atoms with Crippen LogP contribution < -0.4 is 5.32 Å². The van der Waals surface area contributed by atoms with E-state index in [1.165, 1.54) is 7.05 Å². The molecule has 5 aromatic rings. The Kier molecular flexibility index (Phi) is 11.4. The molecule has 0 spiro atoms. The molecule has 0 unspecified atom stereocenters. The molecule has 2 aliphatic rings. The molecule has 2 aliphatic heterocycles. The summed E-state index contributed by atoms with van der Waals surface area (Å²) in [7, 11) is 1.44. The summed E-state index contributed by atoms with van der Waals surface area (Å²) in [6, 6.07) is 12.6. The third kappa shape index (κ3) is 8.37. The zero-order valence-corrected chi connectivity index (χ0v) is 33.0. The van der Waals surface area contributed by atoms with Gasteiger partial charge in [-0.3, -0.25) is 24.3 Å². The summed E-state index contributed by atoms with van der Waals surface area (Å²) in [5.41, 5.74) is 6.47. The van der Waals surface area contributed by atoms with Crippen molar-refractivity contribution in [3.63, 3.8) is 0 Å². The highest BCUT2D eigenvalue weighted by molar-refractivity contribution is 5.87. The Morgan fingerprint density at radius 1 is 0.842 bits per heavy atom. The van der Waals surface area contributed by atoms with Gasteiger partial charge < -0.3 is 30.2 Å². The number of rotatable bonds is 12. The highest BCUT2D eigenvalue weighted by atomic mass is 16.4. The van der Waals surface area contributed by atoms with E-state index in [9.17, 15) is 24.3 Å². The molecule has 0 bridgehead atoms. The number of hydrogen-bond donors (Lipinski definition) is 4. The van der Waals surface area contributed by atoms with E-state index in [2.05, 4.69) is 20.3 Å². The molecule has 4 N–H and O–H groups in total. The van der Waals surface area contributed by atoms with Gasteiger partial charge in [-0.2, -0.15) is 0 Å². The Labute approximate surface area is 331 Å². The van der Waals surface area contributed by atoms with E-state index in [4.69, 9.17) is 15.0 Å². The van der Waals surface area contributed by atoms with E-state index in [1.54, 1.807) is 22.2 Å². The van der Waals surface area contributed by atoms with E-state index >= 15 is 0 Å². The van der Waals surface area contributed by atoms with Crippen molar-refractivity contribution >= 4 is 34.8 Å². The molecule has 2 fully saturated rings. The van der Waals surface area contributed by atoms with Crippen LogP contribution >= 0.6 is 0 Å². The van der Waals surface area contributed by atoms with E-state index in [0.717, 1.165) is 81.2 Å². The molecule has 0 aliphatic carbocycles. The Hall–Kier alpha value is -6.12. The molecule has 5 heterocycles. The van der Waals surface area contributed by atoms with Crippen molar-refractivity contribution in [2.45, 2.75) is 77.9 Å². The molecule has 3 atom stereocenters. The zero-order valence-electron chi connectivity index (χ0n) is 33.0. The fraction of sp³-hybridized carbons (Fsp3) is 0.429. The van der Waals surface area contributed by atoms with Crippen molar-refractivity contribution in [1.29, 1.82) is 0 Å². The van der Waals surface area contributed by atoms with Crippen molar-refractivity contribution in [1.82, 2.24) is 49.9 Å². The third-order valence-corrected chi connectivity index (χ3v) is 10.9. The largest absolute Gasteiger partial charge is 0.465 e. The van der Waals surface area contributed by atoms with Crippen molar-refractivity contribution in [3.8, 4) is 33.8 Å². The monoisotopic (exact) mass is 774 g/mol. The van der Waals surface area contributed by atoms with Gasteiger partial charge in [-0.1, -0.05) is 58.0 Å². The number of aromatic amines is 2. The van der Waals surface area contributed by atoms with Gasteiger partial charge >= 0.3 is 6.09 Å². The van der Waals surface area contributed by atoms with Gasteiger partial charge in [0, 0.05) is 49.4 Å². The number of carboxylic acid groups (broad SMARTS) is 1. The van der Waals surface area contributed by atoms with Crippen molar-refractivity contribution in [3.05, 3.63) is 72.7 Å². The summed E-state index contributed by atoms with van der Waals surface area (Å²) < 4.78 is 0. The molecule has 7 rings (SSSR count). The van der Waals surface area contributed by atoms with Gasteiger partial charge in [-0.05, 0) is 49.7 Å². The topological polar surface area (TPSA) is 193 Å². The molecule has 15 nitrogen and oxygen atoms in total. The number of fused-ring (bicyclic) bond motifs is 1. The Bertz CT molecular complexity index is 2260. The summed E-state index contributed by atoms with van der Waals surface area (Å²) in [4.78, 5) is 80.9. The van der Waals surface area contributed by atoms with Crippen LogP contribution in [-0.2, 0) is 14.4 Å². The van der Waals surface area contributed by atoms with Crippen LogP contribution in [0.3, 0.4) is 0 Å². The number of hydrogen-bond acceptors (Lipinski definition) is 8. The first-order valence-corrected chi connectivity index (χ1v) is 19.7. The molecular weight excluding hydrogens is 725 g/mol. The van der Waals surface area contributed by atoms with Crippen molar-refractivity contribution in [2.24, 2.45) is 11.8 Å². The molecule has 4 amide bonds. The minimum Gasteiger partial charge on any atom is -0.465 e. The standard InChI is InChI=1S/C42H50N10O5/c1-24(2)18-36(53)44-23-37(54)51-16-6-8-34(51)39-46-22-33(49-39)28-14-15-29-30(19-28)43-20-31(47-29)26-10-12-27(13-11-26)32-21-45-40(48-32)35-9-7-17-52(35)41(55)38(25(3)4)50(5)42(56)57/h10-15,19-22,24-25,34-35,38H,6-9,16-18,23H2,1-5H3,(H,44,53)(H,45,48)(H,46,49)(H,56,57)/t34-,35-,38-/m0/s1. The average molecular weight is 775 g/mol. The van der Waals surface area contributed by atoms with Gasteiger partial charge in [-0.15, -0.1) is 0 Å². The quantitative estimate of drug-likeness (QED) is 0.114. The maximum absolute atomic E-state index is 13.6. The summed E-state index contributed by atoms with van der Waals surface area (Å²) in [6.45, 7) is 8.82. The predicted octanol–water partition coefficient (Wildman–Crippen LogP) is 6.20. The average Bonchev–Trinajstić information content (AvgIpc) is 4.03. The molecule has 298 valence electrons. The smallest absolute Gasteiger partial charge is 0.407 e. The summed E-state index contributed by atoms with van der Waals surface area (Å²) in [6.07, 6.45) is 7.85. The van der Waals surface area contributed by atoms with E-state index < -0.39 is 12.1 Å². The lowest BCUT2D eigenvalue weighted by atomic mass is 10.0. The predicted molar refractivity (Wildman–Crippen MR) is 214 cm³/mol. The first-order valence-electron chi connectivity index (χ1n) is 19.7. The molecular formula is C42H50N10O5. The number of carbonyl (C=O) groups excluding carboxylic acids is 3. The lowest BCUT2D eigenvalue weighted by Gasteiger charge is -2.33. The van der Waals surface area contributed by atoms with Gasteiger partial charge in [0.2, 0.25) is 17.7 Å². The van der Waals surface area contributed by atoms with Gasteiger partial charge in [0.25, 0.3) is 0 Å². The fourth-order valence-electron chi connectivity index (χ4n) is 8.01. The first kappa shape index (κ1) is 39.1. The highest BCUT2D eigenvalue weighted by Gasteiger charge is 2.39. The number of likely N-dealkylation sites (tertiary alicyclic amines) is 2. The number of carbonyl (C=O) groups is 4. The van der Waals surface area contributed by atoms with Crippen LogP contribution in [0.4, 0.5) is 4.79 Å². The first-order chi connectivity index (χ1) is 27.4. The van der Waals surface area contributed by atoms with Crippen molar-refractivity contribution in [2.75, 3.05) is 26.7 Å². The zero-order chi connectivity index (χ0) is 40.4. The number of benzene rings is 2. The minimum absolute atomic E-state index is 0.0170. The van der Waals surface area contributed by atoms with Gasteiger partial charge in [0.15, 0.2) is 0 Å². The van der Waals surface area contributed by atoms with E-state index in [-0.39, 0.29) is 48.2 Å². The van der Waals surface area contributed by atoms with Gasteiger partial charge in [0.1, 0.15) is 17.7 Å². The second kappa shape index (κ2) is 16.5. The fourth-order valence-corrected chi connectivity index (χ4v) is 8.01. The summed E-state index contributed by atoms with van der Waals surface area (Å²) in [5, 5.41) is 12.3. The minimum atomic E-state index is -1.13. The van der Waals surface area contributed by atoms with Gasteiger partial charge in [-0.25, -0.2) is 19.7 Å². The van der Waals surface area contributed by atoms with Crippen LogP contribution in [0.1, 0.15) is 83.5 Å². The van der Waals surface area contributed by atoms with Crippen molar-refractivity contribution < 1.29 is 24.3 Å². The van der Waals surface area contributed by atoms with Crippen LogP contribution in [0, 0.1) is 11.8 Å². The maximum Gasteiger partial charge on any atom is 0.407 e. The molecule has 57 heavy (non-hydrogen) atoms. The number of nitrogens with one attached hydrogen (secondary N) is 3. The van der Waals surface area contributed by atoms with Crippen LogP contribution in [0.2, 0.25) is 0 Å². The Morgan fingerprint density at radius 2 is 1.51 bits per heavy atom. The van der Waals surface area contributed by atoms with Crippen LogP contribution in [0.25, 0.3) is 44.8 Å². The normalized spacial score (nSPS) is 17.5. The van der Waals surface area contributed by atoms with E-state index in [0.29, 0.717) is 25.3 Å². The SMILES string of the molecule is CC(C)CC(=O)NCC(=O)N1CCC[C@H]1c1ncc(-c2ccc3nc(-c4ccc(-c5c[nH]c([C@@H]6CCCN6C(=O)[C@H](C(C)C)N(C)C(=O)O)n5)cc4)cnc3c2)[nH]1. The number of imidazole rings is 2. The lowest BCUT2D eigenvalue weighted by molar-refractivity contribution is -0.138. The number of nitrogens with zero attached hydrogens (tertiary/aromatic N) is 7. The molecule has 3 aromatic heterocycles. The van der Waals surface area contributed by atoms with Gasteiger partial charge in [0.05, 0.1) is 59.1 Å². The molecule has 0 saturated carbocycles.